The first-order valence-electron chi connectivity index (χ1n) is 10.8. The fourth-order valence-corrected chi connectivity index (χ4v) is 5.35. The molecule has 6 heteroatoms. The second-order valence-corrected chi connectivity index (χ2v) is 9.35. The van der Waals surface area contributed by atoms with E-state index in [-0.39, 0.29) is 41.5 Å². The third-order valence-electron chi connectivity index (χ3n) is 7.10. The first-order chi connectivity index (χ1) is 13.4. The molecule has 4 rings (SSSR count). The normalized spacial score (nSPS) is 42.2. The number of likely N-dealkylation sites (tertiary alicyclic amines) is 1. The number of nitrogens with zero attached hydrogens (tertiary/aromatic N) is 1. The van der Waals surface area contributed by atoms with E-state index < -0.39 is 0 Å². The van der Waals surface area contributed by atoms with Crippen molar-refractivity contribution in [2.24, 2.45) is 5.92 Å². The smallest absolute Gasteiger partial charge is 0.410 e. The number of hydrogen-bond acceptors (Lipinski definition) is 5. The van der Waals surface area contributed by atoms with Gasteiger partial charge in [-0.3, -0.25) is 0 Å². The quantitative estimate of drug-likeness (QED) is 0.527. The van der Waals surface area contributed by atoms with Crippen molar-refractivity contribution in [2.75, 3.05) is 26.8 Å². The average Bonchev–Trinajstić information content (AvgIpc) is 3.60. The van der Waals surface area contributed by atoms with Crippen molar-refractivity contribution in [3.05, 3.63) is 11.6 Å². The number of rotatable bonds is 5. The Hall–Kier alpha value is -1.11. The molecule has 158 valence electrons. The summed E-state index contributed by atoms with van der Waals surface area (Å²) in [5.41, 5.74) is 0.832. The molecule has 3 heterocycles. The molecule has 4 fully saturated rings. The summed E-state index contributed by atoms with van der Waals surface area (Å²) in [5.74, 6) is 0.0773. The van der Waals surface area contributed by atoms with E-state index in [1.807, 2.05) is 4.90 Å². The molecule has 1 saturated carbocycles. The highest BCUT2D eigenvalue weighted by atomic mass is 16.6. The average molecular weight is 394 g/mol. The number of methoxy groups -OCH3 is 1. The van der Waals surface area contributed by atoms with Gasteiger partial charge >= 0.3 is 6.09 Å². The van der Waals surface area contributed by atoms with E-state index in [2.05, 4.69) is 26.8 Å². The van der Waals surface area contributed by atoms with Crippen molar-refractivity contribution < 1.29 is 23.7 Å². The van der Waals surface area contributed by atoms with Crippen molar-refractivity contribution >= 4 is 6.09 Å². The summed E-state index contributed by atoms with van der Waals surface area (Å²) >= 11 is 0. The zero-order valence-corrected chi connectivity index (χ0v) is 17.7. The van der Waals surface area contributed by atoms with Crippen molar-refractivity contribution in [1.82, 2.24) is 4.90 Å². The number of allylic oxidation sites excluding steroid dienone is 1. The van der Waals surface area contributed by atoms with Gasteiger partial charge in [-0.1, -0.05) is 11.6 Å². The Labute approximate surface area is 168 Å². The van der Waals surface area contributed by atoms with Gasteiger partial charge in [-0.15, -0.1) is 0 Å². The van der Waals surface area contributed by atoms with Crippen LogP contribution in [0.2, 0.25) is 0 Å². The van der Waals surface area contributed by atoms with E-state index in [0.717, 1.165) is 51.8 Å². The van der Waals surface area contributed by atoms with Gasteiger partial charge in [-0.25, -0.2) is 4.79 Å². The van der Waals surface area contributed by atoms with E-state index in [1.54, 1.807) is 7.11 Å². The maximum absolute atomic E-state index is 12.7. The summed E-state index contributed by atoms with van der Waals surface area (Å²) in [6.07, 6.45) is 7.65. The highest BCUT2D eigenvalue weighted by Gasteiger charge is 2.72. The standard InChI is InChI=1S/C22H35NO5/c1-15(2)8-9-17-21(3,28-17)19-18(25-4)16(10-11-22(19)14-26-22)27-20(24)23-12-6-5-7-13-23/h8,16-19H,5-7,9-14H2,1-4H3/t16-,17-,18-,19-,21+,22+/m1/s1. The second-order valence-electron chi connectivity index (χ2n) is 9.35. The van der Waals surface area contributed by atoms with Gasteiger partial charge in [0.1, 0.15) is 23.4 Å². The molecule has 0 bridgehead atoms. The lowest BCUT2D eigenvalue weighted by molar-refractivity contribution is -0.122. The molecule has 3 saturated heterocycles. The van der Waals surface area contributed by atoms with Crippen LogP contribution in [0.25, 0.3) is 0 Å². The van der Waals surface area contributed by atoms with Gasteiger partial charge in [-0.05, 0) is 59.3 Å². The SMILES string of the molecule is CO[C@@H]1[C@H](OC(=O)N2CCCCC2)CC[C@]2(CO2)[C@H]1[C@@]1(C)O[C@@H]1CC=C(C)C. The predicted molar refractivity (Wildman–Crippen MR) is 105 cm³/mol. The van der Waals surface area contributed by atoms with Gasteiger partial charge in [0.25, 0.3) is 0 Å². The number of piperidine rings is 1. The number of hydrogen-bond donors (Lipinski definition) is 0. The Morgan fingerprint density at radius 1 is 1.25 bits per heavy atom. The molecule has 6 atom stereocenters. The molecular formula is C22H35NO5. The minimum atomic E-state index is -0.292. The second kappa shape index (κ2) is 7.62. The molecule has 0 aromatic carbocycles. The zero-order valence-electron chi connectivity index (χ0n) is 17.7. The van der Waals surface area contributed by atoms with Crippen LogP contribution >= 0.6 is 0 Å². The summed E-state index contributed by atoms with van der Waals surface area (Å²) in [7, 11) is 1.72. The van der Waals surface area contributed by atoms with Gasteiger partial charge in [0.2, 0.25) is 0 Å². The monoisotopic (exact) mass is 393 g/mol. The van der Waals surface area contributed by atoms with Crippen LogP contribution in [0.15, 0.2) is 11.6 Å². The summed E-state index contributed by atoms with van der Waals surface area (Å²) in [4.78, 5) is 14.5. The fraction of sp³-hybridized carbons (Fsp3) is 0.864. The summed E-state index contributed by atoms with van der Waals surface area (Å²) in [5, 5.41) is 0. The van der Waals surface area contributed by atoms with Crippen molar-refractivity contribution in [2.45, 2.75) is 88.8 Å². The van der Waals surface area contributed by atoms with Gasteiger partial charge < -0.3 is 23.8 Å². The molecule has 0 aromatic heterocycles. The predicted octanol–water partition coefficient (Wildman–Crippen LogP) is 3.69. The molecule has 6 nitrogen and oxygen atoms in total. The molecule has 1 aliphatic carbocycles. The van der Waals surface area contributed by atoms with Gasteiger partial charge in [0.05, 0.1) is 18.6 Å². The van der Waals surface area contributed by atoms with E-state index in [4.69, 9.17) is 18.9 Å². The zero-order chi connectivity index (χ0) is 19.9. The molecule has 0 aromatic rings. The van der Waals surface area contributed by atoms with E-state index in [9.17, 15) is 4.79 Å². The van der Waals surface area contributed by atoms with Crippen LogP contribution in [0, 0.1) is 5.92 Å². The lowest BCUT2D eigenvalue weighted by atomic mass is 9.68. The largest absolute Gasteiger partial charge is 0.443 e. The minimum Gasteiger partial charge on any atom is -0.443 e. The maximum atomic E-state index is 12.7. The highest BCUT2D eigenvalue weighted by molar-refractivity contribution is 5.68. The third-order valence-corrected chi connectivity index (χ3v) is 7.10. The molecule has 0 N–H and O–H groups in total. The van der Waals surface area contributed by atoms with Gasteiger partial charge in [-0.2, -0.15) is 0 Å². The summed E-state index contributed by atoms with van der Waals surface area (Å²) in [6, 6.07) is 0. The fourth-order valence-electron chi connectivity index (χ4n) is 5.35. The molecule has 3 aliphatic heterocycles. The minimum absolute atomic E-state index is 0.0773. The molecule has 1 spiro atoms. The van der Waals surface area contributed by atoms with Crippen LogP contribution in [0.1, 0.15) is 59.3 Å². The van der Waals surface area contributed by atoms with E-state index in [1.165, 1.54) is 12.0 Å². The Morgan fingerprint density at radius 3 is 2.57 bits per heavy atom. The van der Waals surface area contributed by atoms with Crippen molar-refractivity contribution in [3.63, 3.8) is 0 Å². The number of epoxide rings is 2. The number of ether oxygens (including phenoxy) is 4. The number of carbonyl (C=O) groups excluding carboxylic acids is 1. The number of carbonyl (C=O) groups is 1. The van der Waals surface area contributed by atoms with E-state index >= 15 is 0 Å². The Bertz CT molecular complexity index is 620. The molecule has 0 unspecified atom stereocenters. The highest BCUT2D eigenvalue weighted by Crippen LogP contribution is 2.59. The molecule has 0 radical (unpaired) electrons. The van der Waals surface area contributed by atoms with Crippen LogP contribution in [0.3, 0.4) is 0 Å². The topological polar surface area (TPSA) is 63.8 Å². The van der Waals surface area contributed by atoms with Crippen LogP contribution < -0.4 is 0 Å². The Balaban J connectivity index is 1.47. The van der Waals surface area contributed by atoms with Gasteiger partial charge in [0.15, 0.2) is 0 Å². The first kappa shape index (κ1) is 20.2. The van der Waals surface area contributed by atoms with Crippen LogP contribution in [-0.2, 0) is 18.9 Å². The van der Waals surface area contributed by atoms with Crippen LogP contribution in [0.5, 0.6) is 0 Å². The van der Waals surface area contributed by atoms with Gasteiger partial charge in [0, 0.05) is 20.2 Å². The van der Waals surface area contributed by atoms with Crippen molar-refractivity contribution in [1.29, 1.82) is 0 Å². The van der Waals surface area contributed by atoms with Crippen molar-refractivity contribution in [3.8, 4) is 0 Å². The van der Waals surface area contributed by atoms with Crippen LogP contribution in [-0.4, -0.2) is 67.3 Å². The molecule has 28 heavy (non-hydrogen) atoms. The molecule has 1 amide bonds. The van der Waals surface area contributed by atoms with Crippen LogP contribution in [0.4, 0.5) is 4.79 Å². The lowest BCUT2D eigenvalue weighted by Crippen LogP contribution is -2.56. The summed E-state index contributed by atoms with van der Waals surface area (Å²) < 4.78 is 24.1. The molecular weight excluding hydrogens is 358 g/mol. The Morgan fingerprint density at radius 2 is 1.96 bits per heavy atom. The van der Waals surface area contributed by atoms with E-state index in [0.29, 0.717) is 0 Å². The lowest BCUT2D eigenvalue weighted by Gasteiger charge is -2.43. The third kappa shape index (κ3) is 3.71. The summed E-state index contributed by atoms with van der Waals surface area (Å²) in [6.45, 7) is 8.74. The Kier molecular flexibility index (Phi) is 5.49. The first-order valence-corrected chi connectivity index (χ1v) is 10.8. The molecule has 4 aliphatic rings. The number of amides is 1. The maximum Gasteiger partial charge on any atom is 0.410 e.